The molecular formula is C26H33N5O5. The molecule has 4 rings (SSSR count). The zero-order valence-electron chi connectivity index (χ0n) is 21.2. The fourth-order valence-electron chi connectivity index (χ4n) is 5.22. The van der Waals surface area contributed by atoms with E-state index in [9.17, 15) is 19.2 Å². The van der Waals surface area contributed by atoms with Gasteiger partial charge in [-0.15, -0.1) is 0 Å². The molecule has 0 bridgehead atoms. The number of hydrogen-bond donors (Lipinski definition) is 2. The minimum Gasteiger partial charge on any atom is -0.423 e. The maximum absolute atomic E-state index is 12.4. The van der Waals surface area contributed by atoms with Crippen LogP contribution in [0.2, 0.25) is 0 Å². The lowest BCUT2D eigenvalue weighted by Crippen LogP contribution is -2.49. The van der Waals surface area contributed by atoms with E-state index in [0.29, 0.717) is 35.6 Å². The largest absolute Gasteiger partial charge is 0.423 e. The molecule has 1 unspecified atom stereocenters. The number of anilines is 1. The number of fused-ring (bicyclic) bond motifs is 2. The first-order valence-electron chi connectivity index (χ1n) is 12.2. The lowest BCUT2D eigenvalue weighted by Gasteiger charge is -2.47. The summed E-state index contributed by atoms with van der Waals surface area (Å²) >= 11 is 0. The van der Waals surface area contributed by atoms with Crippen molar-refractivity contribution < 1.29 is 9.21 Å². The maximum Gasteiger partial charge on any atom is 0.349 e. The van der Waals surface area contributed by atoms with E-state index in [0.717, 1.165) is 23.1 Å². The Morgan fingerprint density at radius 1 is 1.19 bits per heavy atom. The monoisotopic (exact) mass is 495 g/mol. The van der Waals surface area contributed by atoms with E-state index >= 15 is 0 Å². The van der Waals surface area contributed by atoms with Gasteiger partial charge in [0, 0.05) is 67.1 Å². The van der Waals surface area contributed by atoms with Crippen molar-refractivity contribution in [3.8, 4) is 0 Å². The van der Waals surface area contributed by atoms with E-state index in [1.54, 1.807) is 0 Å². The molecule has 0 saturated heterocycles. The van der Waals surface area contributed by atoms with Crippen LogP contribution in [0.5, 0.6) is 0 Å². The summed E-state index contributed by atoms with van der Waals surface area (Å²) in [6.07, 6.45) is 3.28. The van der Waals surface area contributed by atoms with Gasteiger partial charge < -0.3 is 20.5 Å². The normalized spacial score (nSPS) is 16.7. The topological polar surface area (TPSA) is 133 Å². The van der Waals surface area contributed by atoms with Gasteiger partial charge >= 0.3 is 11.3 Å². The van der Waals surface area contributed by atoms with E-state index < -0.39 is 11.2 Å². The Bertz CT molecular complexity index is 1480. The zero-order valence-corrected chi connectivity index (χ0v) is 21.2. The van der Waals surface area contributed by atoms with E-state index in [4.69, 9.17) is 10.3 Å². The van der Waals surface area contributed by atoms with E-state index in [1.807, 2.05) is 13.0 Å². The molecular weight excluding hydrogens is 462 g/mol. The predicted molar refractivity (Wildman–Crippen MR) is 139 cm³/mol. The lowest BCUT2D eigenvalue weighted by atomic mass is 9.79. The van der Waals surface area contributed by atoms with Crippen molar-refractivity contribution in [3.05, 3.63) is 72.8 Å². The van der Waals surface area contributed by atoms with Crippen LogP contribution >= 0.6 is 0 Å². The highest BCUT2D eigenvalue weighted by Crippen LogP contribution is 2.45. The molecule has 1 aromatic carbocycles. The van der Waals surface area contributed by atoms with Gasteiger partial charge in [0.15, 0.2) is 0 Å². The van der Waals surface area contributed by atoms with Gasteiger partial charge in [0.25, 0.3) is 5.56 Å². The first kappa shape index (κ1) is 25.3. The average Bonchev–Trinajstić information content (AvgIpc) is 2.80. The van der Waals surface area contributed by atoms with Gasteiger partial charge in [0.05, 0.1) is 0 Å². The van der Waals surface area contributed by atoms with Crippen LogP contribution in [0, 0.1) is 6.92 Å². The van der Waals surface area contributed by atoms with Crippen LogP contribution in [-0.2, 0) is 11.3 Å². The van der Waals surface area contributed by atoms with Crippen molar-refractivity contribution in [2.24, 2.45) is 0 Å². The lowest BCUT2D eigenvalue weighted by molar-refractivity contribution is -0.121. The number of rotatable bonds is 7. The Labute approximate surface area is 208 Å². The molecule has 0 spiro atoms. The molecule has 192 valence electrons. The van der Waals surface area contributed by atoms with E-state index in [2.05, 4.69) is 37.1 Å². The third kappa shape index (κ3) is 4.93. The first-order valence-corrected chi connectivity index (χ1v) is 12.2. The molecule has 0 fully saturated rings. The summed E-state index contributed by atoms with van der Waals surface area (Å²) in [5.74, 6) is 5.64. The number of hydrogen-bond acceptors (Lipinski definition) is 7. The quantitative estimate of drug-likeness (QED) is 0.377. The molecule has 3 heterocycles. The highest BCUT2D eigenvalue weighted by Gasteiger charge is 2.36. The summed E-state index contributed by atoms with van der Waals surface area (Å²) in [6.45, 7) is 9.64. The highest BCUT2D eigenvalue weighted by atomic mass is 16.4. The summed E-state index contributed by atoms with van der Waals surface area (Å²) < 4.78 is 7.33. The standard InChI is InChI=1S/C26H33N5O5/c1-16-12-24(34)36-21-14-20-18(13-19(16)21)17(2)15-26(3,4)30(20)9-5-6-22(32)28-8-11-29-10-7-23(33)31(27)25(29)35/h7,10,12-14,17H,5-6,8-9,11,15,27H2,1-4H3,(H,28,32). The van der Waals surface area contributed by atoms with Crippen molar-refractivity contribution in [1.29, 1.82) is 0 Å². The third-order valence-electron chi connectivity index (χ3n) is 7.00. The van der Waals surface area contributed by atoms with Gasteiger partial charge in [-0.25, -0.2) is 9.59 Å². The first-order chi connectivity index (χ1) is 17.0. The van der Waals surface area contributed by atoms with Gasteiger partial charge in [-0.1, -0.05) is 6.92 Å². The minimum atomic E-state index is -0.629. The Morgan fingerprint density at radius 3 is 2.69 bits per heavy atom. The van der Waals surface area contributed by atoms with Crippen LogP contribution in [0.4, 0.5) is 5.69 Å². The molecule has 1 atom stereocenters. The van der Waals surface area contributed by atoms with Crippen molar-refractivity contribution in [3.63, 3.8) is 0 Å². The number of carbonyl (C=O) groups excluding carboxylic acids is 1. The smallest absolute Gasteiger partial charge is 0.349 e. The minimum absolute atomic E-state index is 0.118. The third-order valence-corrected chi connectivity index (χ3v) is 7.00. The predicted octanol–water partition coefficient (Wildman–Crippen LogP) is 1.83. The molecule has 10 nitrogen and oxygen atoms in total. The fourth-order valence-corrected chi connectivity index (χ4v) is 5.22. The fraction of sp³-hybridized carbons (Fsp3) is 0.462. The second-order valence-electron chi connectivity index (χ2n) is 10.2. The number of nitrogens with one attached hydrogen (secondary N) is 1. The number of nitrogens with zero attached hydrogens (tertiary/aromatic N) is 3. The van der Waals surface area contributed by atoms with Crippen LogP contribution in [0.15, 0.2) is 49.3 Å². The van der Waals surface area contributed by atoms with Crippen molar-refractivity contribution in [2.75, 3.05) is 23.8 Å². The average molecular weight is 496 g/mol. The Morgan fingerprint density at radius 2 is 1.94 bits per heavy atom. The van der Waals surface area contributed by atoms with Gasteiger partial charge in [0.1, 0.15) is 5.58 Å². The molecule has 1 aliphatic heterocycles. The van der Waals surface area contributed by atoms with Crippen LogP contribution in [-0.4, -0.2) is 33.8 Å². The summed E-state index contributed by atoms with van der Waals surface area (Å²) in [4.78, 5) is 50.1. The number of aryl methyl sites for hydroxylation is 1. The number of benzene rings is 1. The molecule has 3 aromatic rings. The Hall–Kier alpha value is -3.82. The number of aromatic nitrogens is 2. The van der Waals surface area contributed by atoms with Gasteiger partial charge in [-0.05, 0) is 56.7 Å². The molecule has 3 N–H and O–H groups in total. The van der Waals surface area contributed by atoms with E-state index in [1.165, 1.54) is 28.5 Å². The zero-order chi connectivity index (χ0) is 26.2. The summed E-state index contributed by atoms with van der Waals surface area (Å²) in [5, 5.41) is 3.77. The molecule has 1 aliphatic rings. The van der Waals surface area contributed by atoms with Gasteiger partial charge in [-0.2, -0.15) is 4.68 Å². The van der Waals surface area contributed by atoms with Crippen molar-refractivity contribution in [2.45, 2.75) is 65.0 Å². The van der Waals surface area contributed by atoms with Crippen LogP contribution < -0.4 is 32.9 Å². The van der Waals surface area contributed by atoms with Crippen LogP contribution in [0.1, 0.15) is 57.1 Å². The van der Waals surface area contributed by atoms with Crippen LogP contribution in [0.25, 0.3) is 11.0 Å². The van der Waals surface area contributed by atoms with Crippen molar-refractivity contribution >= 4 is 22.6 Å². The van der Waals surface area contributed by atoms with Crippen molar-refractivity contribution in [1.82, 2.24) is 14.6 Å². The number of nitrogen functional groups attached to an aromatic ring is 1. The molecule has 0 radical (unpaired) electrons. The Kier molecular flexibility index (Phi) is 6.79. The molecule has 0 aliphatic carbocycles. The summed E-state index contributed by atoms with van der Waals surface area (Å²) in [6, 6.07) is 6.82. The van der Waals surface area contributed by atoms with E-state index in [-0.39, 0.29) is 30.2 Å². The second-order valence-corrected chi connectivity index (χ2v) is 10.2. The second kappa shape index (κ2) is 9.67. The van der Waals surface area contributed by atoms with Gasteiger partial charge in [0.2, 0.25) is 5.91 Å². The molecule has 36 heavy (non-hydrogen) atoms. The summed E-state index contributed by atoms with van der Waals surface area (Å²) in [5.41, 5.74) is 2.03. The molecule has 0 saturated carbocycles. The highest BCUT2D eigenvalue weighted by molar-refractivity contribution is 5.86. The number of amides is 1. The van der Waals surface area contributed by atoms with Gasteiger partial charge in [-0.3, -0.25) is 14.2 Å². The molecule has 2 aromatic heterocycles. The maximum atomic E-state index is 12.4. The number of nitrogens with two attached hydrogens (primary N) is 1. The Balaban J connectivity index is 1.42. The molecule has 1 amide bonds. The summed E-state index contributed by atoms with van der Waals surface area (Å²) in [7, 11) is 0. The SMILES string of the molecule is Cc1cc(=O)oc2cc3c(cc12)C(C)CC(C)(C)N3CCCC(=O)NCCn1ccc(=O)n(N)c1=O. The number of carbonyl (C=O) groups is 1. The molecule has 10 heteroatoms. The van der Waals surface area contributed by atoms with Crippen LogP contribution in [0.3, 0.4) is 0 Å².